The fraction of sp³-hybridized carbons (Fsp3) is 0.136. The molecule has 3 aromatic carbocycles. The van der Waals surface area contributed by atoms with E-state index in [1.54, 1.807) is 30.3 Å². The molecule has 0 unspecified atom stereocenters. The van der Waals surface area contributed by atoms with Crippen LogP contribution in [0.5, 0.6) is 34.5 Å². The molecule has 0 fully saturated rings. The Morgan fingerprint density at radius 3 is 1.90 bits per heavy atom. The highest BCUT2D eigenvalue weighted by Crippen LogP contribution is 2.62. The van der Waals surface area contributed by atoms with Crippen molar-refractivity contribution in [2.75, 3.05) is 14.2 Å². The van der Waals surface area contributed by atoms with Crippen LogP contribution in [0.2, 0.25) is 0 Å². The molecular formula is C22H16O7. The van der Waals surface area contributed by atoms with Crippen LogP contribution in [0.1, 0.15) is 27.0 Å². The van der Waals surface area contributed by atoms with E-state index in [0.29, 0.717) is 22.3 Å². The summed E-state index contributed by atoms with van der Waals surface area (Å²) in [4.78, 5) is 12.8. The van der Waals surface area contributed by atoms with Gasteiger partial charge in [-0.25, -0.2) is 4.79 Å². The van der Waals surface area contributed by atoms with Crippen molar-refractivity contribution in [3.8, 4) is 34.5 Å². The van der Waals surface area contributed by atoms with Crippen LogP contribution in [0.15, 0.2) is 48.5 Å². The SMILES string of the molecule is COc1c(O)ccc2c1Oc1c(ccc(O)c1OC)C21OC(=O)c2ccccc21. The third kappa shape index (κ3) is 2.04. The number of fused-ring (bicyclic) bond motifs is 6. The lowest BCUT2D eigenvalue weighted by molar-refractivity contribution is 0.0220. The number of ether oxygens (including phenoxy) is 4. The van der Waals surface area contributed by atoms with Gasteiger partial charge < -0.3 is 29.2 Å². The van der Waals surface area contributed by atoms with E-state index in [9.17, 15) is 15.0 Å². The first-order chi connectivity index (χ1) is 14.0. The van der Waals surface area contributed by atoms with Crippen LogP contribution in [-0.2, 0) is 10.3 Å². The summed E-state index contributed by atoms with van der Waals surface area (Å²) in [6.45, 7) is 0. The number of benzene rings is 3. The van der Waals surface area contributed by atoms with Crippen molar-refractivity contribution in [3.63, 3.8) is 0 Å². The van der Waals surface area contributed by atoms with Crippen molar-refractivity contribution in [2.45, 2.75) is 5.60 Å². The van der Waals surface area contributed by atoms with Crippen molar-refractivity contribution in [1.29, 1.82) is 0 Å². The average molecular weight is 392 g/mol. The number of hydrogen-bond acceptors (Lipinski definition) is 7. The molecule has 0 saturated heterocycles. The summed E-state index contributed by atoms with van der Waals surface area (Å²) in [6.07, 6.45) is 0. The van der Waals surface area contributed by atoms with Gasteiger partial charge in [0.15, 0.2) is 28.6 Å². The molecule has 7 nitrogen and oxygen atoms in total. The van der Waals surface area contributed by atoms with Crippen molar-refractivity contribution in [3.05, 3.63) is 70.8 Å². The van der Waals surface area contributed by atoms with Crippen molar-refractivity contribution < 1.29 is 34.0 Å². The molecule has 0 amide bonds. The molecule has 29 heavy (non-hydrogen) atoms. The zero-order chi connectivity index (χ0) is 20.3. The van der Waals surface area contributed by atoms with Gasteiger partial charge >= 0.3 is 5.97 Å². The van der Waals surface area contributed by atoms with Crippen LogP contribution >= 0.6 is 0 Å². The molecule has 3 aromatic rings. The van der Waals surface area contributed by atoms with Crippen molar-refractivity contribution in [1.82, 2.24) is 0 Å². The van der Waals surface area contributed by atoms with Gasteiger partial charge in [-0.15, -0.1) is 0 Å². The van der Waals surface area contributed by atoms with Crippen LogP contribution in [0, 0.1) is 0 Å². The van der Waals surface area contributed by atoms with Gasteiger partial charge in [-0.3, -0.25) is 0 Å². The summed E-state index contributed by atoms with van der Waals surface area (Å²) in [5, 5.41) is 20.6. The van der Waals surface area contributed by atoms with Crippen molar-refractivity contribution in [2.24, 2.45) is 0 Å². The van der Waals surface area contributed by atoms with Gasteiger partial charge in [0.05, 0.1) is 30.9 Å². The van der Waals surface area contributed by atoms with Crippen LogP contribution in [0.25, 0.3) is 0 Å². The minimum absolute atomic E-state index is 0.0818. The molecule has 2 N–H and O–H groups in total. The number of carbonyl (C=O) groups excluding carboxylic acids is 1. The molecule has 146 valence electrons. The number of esters is 1. The van der Waals surface area contributed by atoms with Gasteiger partial charge in [-0.1, -0.05) is 18.2 Å². The lowest BCUT2D eigenvalue weighted by atomic mass is 9.77. The maximum Gasteiger partial charge on any atom is 0.340 e. The quantitative estimate of drug-likeness (QED) is 0.643. The maximum absolute atomic E-state index is 12.8. The monoisotopic (exact) mass is 392 g/mol. The topological polar surface area (TPSA) is 94.5 Å². The number of aromatic hydroxyl groups is 2. The molecule has 7 heteroatoms. The number of methoxy groups -OCH3 is 2. The van der Waals surface area contributed by atoms with Crippen LogP contribution in [0.3, 0.4) is 0 Å². The van der Waals surface area contributed by atoms with Gasteiger partial charge in [-0.2, -0.15) is 0 Å². The molecule has 5 rings (SSSR count). The van der Waals surface area contributed by atoms with E-state index < -0.39 is 11.6 Å². The fourth-order valence-electron chi connectivity index (χ4n) is 4.12. The highest BCUT2D eigenvalue weighted by Gasteiger charge is 2.55. The van der Waals surface area contributed by atoms with E-state index in [-0.39, 0.29) is 34.5 Å². The smallest absolute Gasteiger partial charge is 0.340 e. The zero-order valence-corrected chi connectivity index (χ0v) is 15.6. The Kier molecular flexibility index (Phi) is 3.46. The van der Waals surface area contributed by atoms with Crippen molar-refractivity contribution >= 4 is 5.97 Å². The van der Waals surface area contributed by atoms with Crippen LogP contribution in [0.4, 0.5) is 0 Å². The van der Waals surface area contributed by atoms with Gasteiger partial charge in [0, 0.05) is 5.56 Å². The third-order valence-corrected chi connectivity index (χ3v) is 5.33. The van der Waals surface area contributed by atoms with E-state index in [2.05, 4.69) is 0 Å². The molecule has 2 heterocycles. The molecule has 0 aromatic heterocycles. The van der Waals surface area contributed by atoms with E-state index in [1.807, 2.05) is 6.07 Å². The highest BCUT2D eigenvalue weighted by molar-refractivity contribution is 5.97. The lowest BCUT2D eigenvalue weighted by Crippen LogP contribution is -2.33. The number of carbonyl (C=O) groups is 1. The summed E-state index contributed by atoms with van der Waals surface area (Å²) < 4.78 is 22.8. The Morgan fingerprint density at radius 1 is 0.793 bits per heavy atom. The first-order valence-corrected chi connectivity index (χ1v) is 8.84. The van der Waals surface area contributed by atoms with E-state index in [0.717, 1.165) is 0 Å². The first-order valence-electron chi connectivity index (χ1n) is 8.84. The predicted octanol–water partition coefficient (Wildman–Crippen LogP) is 3.68. The Labute approximate surface area is 165 Å². The predicted molar refractivity (Wildman–Crippen MR) is 101 cm³/mol. The Balaban J connectivity index is 1.95. The highest BCUT2D eigenvalue weighted by atomic mass is 16.6. The summed E-state index contributed by atoms with van der Waals surface area (Å²) >= 11 is 0. The maximum atomic E-state index is 12.8. The summed E-state index contributed by atoms with van der Waals surface area (Å²) in [5.74, 6) is -0.250. The first kappa shape index (κ1) is 17.2. The lowest BCUT2D eigenvalue weighted by Gasteiger charge is -2.37. The summed E-state index contributed by atoms with van der Waals surface area (Å²) in [5.41, 5.74) is 0.677. The Hall–Kier alpha value is -3.87. The Morgan fingerprint density at radius 2 is 1.34 bits per heavy atom. The van der Waals surface area contributed by atoms with Gasteiger partial charge in [0.2, 0.25) is 11.5 Å². The molecule has 1 spiro atoms. The average Bonchev–Trinajstić information content (AvgIpc) is 3.01. The molecule has 2 aliphatic heterocycles. The number of rotatable bonds is 2. The van der Waals surface area contributed by atoms with Gasteiger partial charge in [-0.05, 0) is 30.3 Å². The van der Waals surface area contributed by atoms with Crippen LogP contribution in [-0.4, -0.2) is 30.4 Å². The second-order valence-electron chi connectivity index (χ2n) is 6.71. The molecule has 2 aliphatic rings. The van der Waals surface area contributed by atoms with E-state index >= 15 is 0 Å². The van der Waals surface area contributed by atoms with Gasteiger partial charge in [0.25, 0.3) is 0 Å². The normalized spacial score (nSPS) is 15.0. The van der Waals surface area contributed by atoms with E-state index in [4.69, 9.17) is 18.9 Å². The molecule has 0 atom stereocenters. The number of phenols is 2. The standard InChI is InChI=1S/C22H16O7/c1-26-19-15(23)9-7-13-17(19)28-18-14(8-10-16(24)20(18)27-2)22(13)12-6-4-3-5-11(12)21(25)29-22/h3-10,23-24H,1-2H3. The van der Waals surface area contributed by atoms with Crippen LogP contribution < -0.4 is 14.2 Å². The summed E-state index contributed by atoms with van der Waals surface area (Å²) in [6, 6.07) is 13.2. The second-order valence-corrected chi connectivity index (χ2v) is 6.71. The third-order valence-electron chi connectivity index (χ3n) is 5.33. The molecule has 0 saturated carbocycles. The molecule has 0 aliphatic carbocycles. The molecular weight excluding hydrogens is 376 g/mol. The number of phenolic OH excluding ortho intramolecular Hbond substituents is 2. The number of hydrogen-bond donors (Lipinski definition) is 2. The molecule has 0 bridgehead atoms. The zero-order valence-electron chi connectivity index (χ0n) is 15.6. The Bertz CT molecular complexity index is 1120. The largest absolute Gasteiger partial charge is 0.504 e. The molecule has 0 radical (unpaired) electrons. The minimum atomic E-state index is -1.35. The van der Waals surface area contributed by atoms with E-state index in [1.165, 1.54) is 26.4 Å². The summed E-state index contributed by atoms with van der Waals surface area (Å²) in [7, 11) is 2.80. The van der Waals surface area contributed by atoms with Gasteiger partial charge in [0.1, 0.15) is 0 Å². The second kappa shape index (κ2) is 5.81. The minimum Gasteiger partial charge on any atom is -0.504 e. The fourth-order valence-corrected chi connectivity index (χ4v) is 4.12.